The zero-order chi connectivity index (χ0) is 17.7. The minimum atomic E-state index is 0.299. The number of hydrogen-bond acceptors (Lipinski definition) is 2. The SMILES string of the molecule is CC(C)(C)CC(C)(C)CCOOCCC(C)(C)CC(C)(C)C. The van der Waals surface area contributed by atoms with Gasteiger partial charge in [0.1, 0.15) is 0 Å². The van der Waals surface area contributed by atoms with Gasteiger partial charge in [-0.2, -0.15) is 0 Å². The Hall–Kier alpha value is -0.0800. The molecule has 0 aromatic carbocycles. The van der Waals surface area contributed by atoms with Crippen LogP contribution in [0.25, 0.3) is 0 Å². The third-order valence-corrected chi connectivity index (χ3v) is 3.83. The maximum atomic E-state index is 5.41. The van der Waals surface area contributed by atoms with Crippen LogP contribution >= 0.6 is 0 Å². The molecule has 0 aliphatic heterocycles. The highest BCUT2D eigenvalue weighted by Gasteiger charge is 2.26. The Balaban J connectivity index is 3.86. The maximum absolute atomic E-state index is 5.41. The second-order valence-corrected chi connectivity index (χ2v) is 10.9. The average Bonchev–Trinajstić information content (AvgIpc) is 2.15. The summed E-state index contributed by atoms with van der Waals surface area (Å²) in [6.07, 6.45) is 4.47. The van der Waals surface area contributed by atoms with Crippen molar-refractivity contribution in [1.29, 1.82) is 0 Å². The molecule has 0 radical (unpaired) electrons. The predicted molar refractivity (Wildman–Crippen MR) is 96.8 cm³/mol. The van der Waals surface area contributed by atoms with Gasteiger partial charge in [-0.05, 0) is 47.3 Å². The Bertz CT molecular complexity index is 271. The van der Waals surface area contributed by atoms with Crippen molar-refractivity contribution < 1.29 is 9.78 Å². The van der Waals surface area contributed by atoms with E-state index in [1.165, 1.54) is 12.8 Å². The Labute approximate surface area is 140 Å². The van der Waals surface area contributed by atoms with Crippen molar-refractivity contribution in [2.75, 3.05) is 13.2 Å². The van der Waals surface area contributed by atoms with Gasteiger partial charge in [-0.25, -0.2) is 9.78 Å². The Morgan fingerprint density at radius 2 is 0.773 bits per heavy atom. The molecule has 0 N–H and O–H groups in total. The summed E-state index contributed by atoms with van der Waals surface area (Å²) in [5.41, 5.74) is 1.32. The first kappa shape index (κ1) is 21.9. The smallest absolute Gasteiger partial charge is 0.0827 e. The van der Waals surface area contributed by atoms with Crippen molar-refractivity contribution in [3.63, 3.8) is 0 Å². The molecule has 0 spiro atoms. The number of hydrogen-bond donors (Lipinski definition) is 0. The van der Waals surface area contributed by atoms with Gasteiger partial charge in [-0.3, -0.25) is 0 Å². The van der Waals surface area contributed by atoms with E-state index in [0.717, 1.165) is 12.8 Å². The quantitative estimate of drug-likeness (QED) is 0.270. The van der Waals surface area contributed by atoms with Crippen LogP contribution in [0.2, 0.25) is 0 Å². The summed E-state index contributed by atoms with van der Waals surface area (Å²) in [5.74, 6) is 0. The lowest BCUT2D eigenvalue weighted by molar-refractivity contribution is -0.300. The second-order valence-electron chi connectivity index (χ2n) is 10.9. The summed E-state index contributed by atoms with van der Waals surface area (Å²) in [6, 6.07) is 0. The molecule has 0 fully saturated rings. The largest absolute Gasteiger partial charge is 0.237 e. The molecule has 0 aliphatic rings. The third kappa shape index (κ3) is 13.6. The summed E-state index contributed by atoms with van der Waals surface area (Å²) < 4.78 is 0. The predicted octanol–water partition coefficient (Wildman–Crippen LogP) is 6.64. The zero-order valence-electron chi connectivity index (χ0n) is 17.1. The molecule has 0 rings (SSSR count). The maximum Gasteiger partial charge on any atom is 0.0827 e. The van der Waals surface area contributed by atoms with Crippen LogP contribution in [0, 0.1) is 21.7 Å². The zero-order valence-corrected chi connectivity index (χ0v) is 17.1. The van der Waals surface area contributed by atoms with E-state index in [1.54, 1.807) is 0 Å². The molecule has 22 heavy (non-hydrogen) atoms. The topological polar surface area (TPSA) is 18.5 Å². The minimum absolute atomic E-state index is 0.299. The lowest BCUT2D eigenvalue weighted by Crippen LogP contribution is -2.23. The molecule has 134 valence electrons. The summed E-state index contributed by atoms with van der Waals surface area (Å²) >= 11 is 0. The van der Waals surface area contributed by atoms with Crippen molar-refractivity contribution in [2.24, 2.45) is 21.7 Å². The molecule has 0 amide bonds. The van der Waals surface area contributed by atoms with Gasteiger partial charge in [0.15, 0.2) is 0 Å². The molecule has 0 unspecified atom stereocenters. The molecule has 0 bridgehead atoms. The molecule has 2 heteroatoms. The van der Waals surface area contributed by atoms with E-state index in [-0.39, 0.29) is 0 Å². The average molecular weight is 315 g/mol. The molecule has 0 aromatic rings. The monoisotopic (exact) mass is 314 g/mol. The molecule has 0 heterocycles. The van der Waals surface area contributed by atoms with E-state index in [9.17, 15) is 0 Å². The van der Waals surface area contributed by atoms with Gasteiger partial charge in [0.2, 0.25) is 0 Å². The highest BCUT2D eigenvalue weighted by molar-refractivity contribution is 4.76. The summed E-state index contributed by atoms with van der Waals surface area (Å²) in [4.78, 5) is 10.8. The number of rotatable bonds is 9. The standard InChI is InChI=1S/C20H42O2/c1-17(2,3)15-19(7,8)11-13-21-22-14-12-20(9,10)16-18(4,5)6/h11-16H2,1-10H3. The van der Waals surface area contributed by atoms with Crippen LogP contribution in [-0.4, -0.2) is 13.2 Å². The van der Waals surface area contributed by atoms with Crippen LogP contribution in [-0.2, 0) is 9.78 Å². The van der Waals surface area contributed by atoms with Crippen LogP contribution in [0.1, 0.15) is 94.9 Å². The summed E-state index contributed by atoms with van der Waals surface area (Å²) in [5, 5.41) is 0. The normalized spacial score (nSPS) is 14.5. The Morgan fingerprint density at radius 1 is 0.500 bits per heavy atom. The highest BCUT2D eigenvalue weighted by atomic mass is 17.2. The van der Waals surface area contributed by atoms with E-state index in [0.29, 0.717) is 34.9 Å². The molecule has 0 atom stereocenters. The van der Waals surface area contributed by atoms with Crippen LogP contribution in [0.4, 0.5) is 0 Å². The van der Waals surface area contributed by atoms with Crippen LogP contribution < -0.4 is 0 Å². The Kier molecular flexibility index (Phi) is 8.12. The van der Waals surface area contributed by atoms with Gasteiger partial charge < -0.3 is 0 Å². The van der Waals surface area contributed by atoms with Crippen molar-refractivity contribution in [1.82, 2.24) is 0 Å². The van der Waals surface area contributed by atoms with Crippen molar-refractivity contribution >= 4 is 0 Å². The van der Waals surface area contributed by atoms with Gasteiger partial charge >= 0.3 is 0 Å². The van der Waals surface area contributed by atoms with E-state index in [2.05, 4.69) is 69.2 Å². The summed E-state index contributed by atoms with van der Waals surface area (Å²) in [6.45, 7) is 24.4. The molecular formula is C20H42O2. The van der Waals surface area contributed by atoms with Crippen LogP contribution in [0.5, 0.6) is 0 Å². The fraction of sp³-hybridized carbons (Fsp3) is 1.00. The fourth-order valence-electron chi connectivity index (χ4n) is 3.80. The van der Waals surface area contributed by atoms with E-state index >= 15 is 0 Å². The third-order valence-electron chi connectivity index (χ3n) is 3.83. The Morgan fingerprint density at radius 3 is 1.00 bits per heavy atom. The molecule has 0 aromatic heterocycles. The summed E-state index contributed by atoms with van der Waals surface area (Å²) in [7, 11) is 0. The molecule has 0 saturated carbocycles. The lowest BCUT2D eigenvalue weighted by Gasteiger charge is -2.33. The first-order valence-electron chi connectivity index (χ1n) is 8.87. The van der Waals surface area contributed by atoms with Crippen molar-refractivity contribution in [3.8, 4) is 0 Å². The van der Waals surface area contributed by atoms with E-state index in [1.807, 2.05) is 0 Å². The van der Waals surface area contributed by atoms with Crippen molar-refractivity contribution in [3.05, 3.63) is 0 Å². The van der Waals surface area contributed by atoms with Crippen LogP contribution in [0.3, 0.4) is 0 Å². The highest BCUT2D eigenvalue weighted by Crippen LogP contribution is 2.36. The molecule has 2 nitrogen and oxygen atoms in total. The first-order chi connectivity index (χ1) is 9.62. The van der Waals surface area contributed by atoms with Gasteiger partial charge in [0.25, 0.3) is 0 Å². The van der Waals surface area contributed by atoms with Gasteiger partial charge in [0.05, 0.1) is 13.2 Å². The minimum Gasteiger partial charge on any atom is -0.237 e. The van der Waals surface area contributed by atoms with Crippen molar-refractivity contribution in [2.45, 2.75) is 94.9 Å². The first-order valence-corrected chi connectivity index (χ1v) is 8.87. The van der Waals surface area contributed by atoms with Gasteiger partial charge in [-0.15, -0.1) is 0 Å². The van der Waals surface area contributed by atoms with Gasteiger partial charge in [0, 0.05) is 0 Å². The lowest BCUT2D eigenvalue weighted by atomic mass is 9.74. The van der Waals surface area contributed by atoms with E-state index in [4.69, 9.17) is 9.78 Å². The second kappa shape index (κ2) is 8.15. The molecule has 0 aliphatic carbocycles. The van der Waals surface area contributed by atoms with Crippen LogP contribution in [0.15, 0.2) is 0 Å². The van der Waals surface area contributed by atoms with E-state index < -0.39 is 0 Å². The van der Waals surface area contributed by atoms with Gasteiger partial charge in [-0.1, -0.05) is 69.2 Å². The fourth-order valence-corrected chi connectivity index (χ4v) is 3.80. The molecular weight excluding hydrogens is 272 g/mol. The molecule has 0 saturated heterocycles.